The number of carboxylic acids is 1. The standard InChI is InChI=1S/C19H25NO4/c1-18(2,3)13-6-4-7-14-16(13)24-11-10-20(14)15(21)12-19(17(22)23)8-5-9-19/h4,6-7H,5,8-12H2,1-3H3,(H,22,23). The lowest BCUT2D eigenvalue weighted by molar-refractivity contribution is -0.157. The normalized spacial score (nSPS) is 19.0. The summed E-state index contributed by atoms with van der Waals surface area (Å²) in [4.78, 5) is 26.1. The lowest BCUT2D eigenvalue weighted by Crippen LogP contribution is -2.46. The van der Waals surface area contributed by atoms with Crippen LogP contribution in [-0.4, -0.2) is 30.1 Å². The number of ether oxygens (including phenoxy) is 1. The number of amides is 1. The smallest absolute Gasteiger partial charge is 0.310 e. The van der Waals surface area contributed by atoms with E-state index in [1.54, 1.807) is 4.90 Å². The zero-order valence-electron chi connectivity index (χ0n) is 14.6. The second-order valence-corrected chi connectivity index (χ2v) is 7.91. The quantitative estimate of drug-likeness (QED) is 0.922. The van der Waals surface area contributed by atoms with Crippen LogP contribution in [0.5, 0.6) is 5.75 Å². The van der Waals surface area contributed by atoms with E-state index in [0.717, 1.165) is 23.4 Å². The molecule has 1 amide bonds. The number of fused-ring (bicyclic) bond motifs is 1. The lowest BCUT2D eigenvalue weighted by atomic mass is 9.66. The molecule has 2 aliphatic rings. The van der Waals surface area contributed by atoms with Gasteiger partial charge in [-0.25, -0.2) is 0 Å². The molecular weight excluding hydrogens is 306 g/mol. The van der Waals surface area contributed by atoms with Crippen molar-refractivity contribution in [3.63, 3.8) is 0 Å². The summed E-state index contributed by atoms with van der Waals surface area (Å²) in [7, 11) is 0. The molecule has 0 spiro atoms. The van der Waals surface area contributed by atoms with Crippen molar-refractivity contribution in [2.45, 2.75) is 51.9 Å². The van der Waals surface area contributed by atoms with Gasteiger partial charge in [-0.15, -0.1) is 0 Å². The minimum absolute atomic E-state index is 0.0710. The number of benzene rings is 1. The molecule has 1 aliphatic heterocycles. The Morgan fingerprint density at radius 3 is 2.54 bits per heavy atom. The third-order valence-electron chi connectivity index (χ3n) is 5.21. The summed E-state index contributed by atoms with van der Waals surface area (Å²) >= 11 is 0. The fourth-order valence-electron chi connectivity index (χ4n) is 3.55. The largest absolute Gasteiger partial charge is 0.489 e. The van der Waals surface area contributed by atoms with Gasteiger partial charge in [0, 0.05) is 12.0 Å². The van der Waals surface area contributed by atoms with Gasteiger partial charge in [-0.1, -0.05) is 39.3 Å². The highest BCUT2D eigenvalue weighted by molar-refractivity contribution is 5.98. The van der Waals surface area contributed by atoms with Crippen molar-refractivity contribution in [3.05, 3.63) is 23.8 Å². The van der Waals surface area contributed by atoms with E-state index >= 15 is 0 Å². The highest BCUT2D eigenvalue weighted by Crippen LogP contribution is 2.46. The Hall–Kier alpha value is -2.04. The second kappa shape index (κ2) is 5.80. The van der Waals surface area contributed by atoms with Crippen LogP contribution in [0.15, 0.2) is 18.2 Å². The Labute approximate surface area is 142 Å². The molecule has 0 unspecified atom stereocenters. The molecule has 0 aromatic heterocycles. The summed E-state index contributed by atoms with van der Waals surface area (Å²) in [6.07, 6.45) is 2.13. The molecule has 0 atom stereocenters. The van der Waals surface area contributed by atoms with Crippen LogP contribution in [0.1, 0.15) is 52.0 Å². The number of aliphatic carboxylic acids is 1. The number of para-hydroxylation sites is 1. The molecule has 1 aliphatic carbocycles. The number of nitrogens with zero attached hydrogens (tertiary/aromatic N) is 1. The van der Waals surface area contributed by atoms with Gasteiger partial charge in [0.15, 0.2) is 0 Å². The van der Waals surface area contributed by atoms with Gasteiger partial charge >= 0.3 is 5.97 Å². The molecule has 1 aromatic carbocycles. The monoisotopic (exact) mass is 331 g/mol. The van der Waals surface area contributed by atoms with Crippen LogP contribution in [0.25, 0.3) is 0 Å². The van der Waals surface area contributed by atoms with Crippen molar-refractivity contribution in [1.29, 1.82) is 0 Å². The number of rotatable bonds is 3. The van der Waals surface area contributed by atoms with Crippen LogP contribution in [0.3, 0.4) is 0 Å². The minimum Gasteiger partial charge on any atom is -0.489 e. The van der Waals surface area contributed by atoms with Gasteiger partial charge < -0.3 is 14.7 Å². The molecule has 0 radical (unpaired) electrons. The molecule has 1 heterocycles. The molecule has 1 fully saturated rings. The Morgan fingerprint density at radius 1 is 1.29 bits per heavy atom. The van der Waals surface area contributed by atoms with Crippen LogP contribution in [-0.2, 0) is 15.0 Å². The number of carbonyl (C=O) groups excluding carboxylic acids is 1. The summed E-state index contributed by atoms with van der Waals surface area (Å²) in [5.41, 5.74) is 0.873. The Balaban J connectivity index is 1.90. The third-order valence-corrected chi connectivity index (χ3v) is 5.21. The van der Waals surface area contributed by atoms with Crippen molar-refractivity contribution in [3.8, 4) is 5.75 Å². The number of anilines is 1. The molecule has 1 aromatic rings. The van der Waals surface area contributed by atoms with E-state index in [4.69, 9.17) is 4.74 Å². The first-order valence-electron chi connectivity index (χ1n) is 8.55. The van der Waals surface area contributed by atoms with Gasteiger partial charge in [-0.05, 0) is 24.3 Å². The zero-order chi connectivity index (χ0) is 17.5. The molecule has 0 saturated heterocycles. The first-order valence-corrected chi connectivity index (χ1v) is 8.55. The predicted octanol–water partition coefficient (Wildman–Crippen LogP) is 3.35. The molecule has 5 nitrogen and oxygen atoms in total. The van der Waals surface area contributed by atoms with Crippen molar-refractivity contribution in [2.24, 2.45) is 5.41 Å². The van der Waals surface area contributed by atoms with Crippen LogP contribution < -0.4 is 9.64 Å². The first kappa shape index (κ1) is 16.8. The van der Waals surface area contributed by atoms with E-state index in [9.17, 15) is 14.7 Å². The van der Waals surface area contributed by atoms with Gasteiger partial charge in [0.25, 0.3) is 0 Å². The Bertz CT molecular complexity index is 670. The first-order chi connectivity index (χ1) is 11.2. The number of carboxylic acid groups (broad SMARTS) is 1. The predicted molar refractivity (Wildman–Crippen MR) is 91.5 cm³/mol. The maximum Gasteiger partial charge on any atom is 0.310 e. The van der Waals surface area contributed by atoms with E-state index in [1.807, 2.05) is 18.2 Å². The summed E-state index contributed by atoms with van der Waals surface area (Å²) in [5.74, 6) is -0.214. The van der Waals surface area contributed by atoms with E-state index in [-0.39, 0.29) is 17.7 Å². The molecule has 5 heteroatoms. The fraction of sp³-hybridized carbons (Fsp3) is 0.579. The highest BCUT2D eigenvalue weighted by Gasteiger charge is 2.47. The molecule has 3 rings (SSSR count). The number of hydrogen-bond donors (Lipinski definition) is 1. The van der Waals surface area contributed by atoms with Crippen molar-refractivity contribution in [1.82, 2.24) is 0 Å². The van der Waals surface area contributed by atoms with Gasteiger partial charge in [0.05, 0.1) is 17.6 Å². The summed E-state index contributed by atoms with van der Waals surface area (Å²) in [6.45, 7) is 7.24. The number of hydrogen-bond acceptors (Lipinski definition) is 3. The van der Waals surface area contributed by atoms with E-state index < -0.39 is 11.4 Å². The lowest BCUT2D eigenvalue weighted by Gasteiger charge is -2.40. The van der Waals surface area contributed by atoms with Crippen molar-refractivity contribution < 1.29 is 19.4 Å². The molecule has 0 bridgehead atoms. The van der Waals surface area contributed by atoms with E-state index in [1.165, 1.54) is 0 Å². The zero-order valence-corrected chi connectivity index (χ0v) is 14.6. The van der Waals surface area contributed by atoms with E-state index in [0.29, 0.717) is 26.0 Å². The van der Waals surface area contributed by atoms with Crippen LogP contribution in [0.4, 0.5) is 5.69 Å². The van der Waals surface area contributed by atoms with Crippen LogP contribution >= 0.6 is 0 Å². The molecule has 24 heavy (non-hydrogen) atoms. The topological polar surface area (TPSA) is 66.8 Å². The maximum atomic E-state index is 12.8. The average Bonchev–Trinajstić information content (AvgIpc) is 2.48. The summed E-state index contributed by atoms with van der Waals surface area (Å²) in [5, 5.41) is 9.48. The third kappa shape index (κ3) is 2.76. The van der Waals surface area contributed by atoms with Crippen LogP contribution in [0, 0.1) is 5.41 Å². The fourth-order valence-corrected chi connectivity index (χ4v) is 3.55. The van der Waals surface area contributed by atoms with Crippen molar-refractivity contribution >= 4 is 17.6 Å². The molecule has 1 saturated carbocycles. The number of carbonyl (C=O) groups is 2. The van der Waals surface area contributed by atoms with Gasteiger partial charge in [-0.2, -0.15) is 0 Å². The van der Waals surface area contributed by atoms with Crippen LogP contribution in [0.2, 0.25) is 0 Å². The van der Waals surface area contributed by atoms with Gasteiger partial charge in [0.1, 0.15) is 12.4 Å². The summed E-state index contributed by atoms with van der Waals surface area (Å²) in [6, 6.07) is 5.85. The van der Waals surface area contributed by atoms with Gasteiger partial charge in [0.2, 0.25) is 5.91 Å². The Kier molecular flexibility index (Phi) is 4.06. The van der Waals surface area contributed by atoms with Crippen molar-refractivity contribution in [2.75, 3.05) is 18.1 Å². The Morgan fingerprint density at radius 2 is 2.00 bits per heavy atom. The molecular formula is C19H25NO4. The maximum absolute atomic E-state index is 12.8. The average molecular weight is 331 g/mol. The van der Waals surface area contributed by atoms with E-state index in [2.05, 4.69) is 20.8 Å². The second-order valence-electron chi connectivity index (χ2n) is 7.91. The molecule has 1 N–H and O–H groups in total. The highest BCUT2D eigenvalue weighted by atomic mass is 16.5. The summed E-state index contributed by atoms with van der Waals surface area (Å²) < 4.78 is 5.87. The SMILES string of the molecule is CC(C)(C)c1cccc2c1OCCN2C(=O)CC1(C(=O)O)CCC1. The van der Waals surface area contributed by atoms with Gasteiger partial charge in [-0.3, -0.25) is 9.59 Å². The minimum atomic E-state index is -0.864. The molecule has 130 valence electrons.